The highest BCUT2D eigenvalue weighted by molar-refractivity contribution is 6.91. The summed E-state index contributed by atoms with van der Waals surface area (Å²) in [5.74, 6) is 0.962. The minimum Gasteiger partial charge on any atom is -0.406 e. The van der Waals surface area contributed by atoms with E-state index in [1.54, 1.807) is 0 Å². The van der Waals surface area contributed by atoms with E-state index in [2.05, 4.69) is 106 Å². The third-order valence-corrected chi connectivity index (χ3v) is 7.70. The van der Waals surface area contributed by atoms with Crippen LogP contribution in [0.5, 0.6) is 0 Å². The first-order valence-corrected chi connectivity index (χ1v) is 13.2. The second-order valence-electron chi connectivity index (χ2n) is 8.64. The summed E-state index contributed by atoms with van der Waals surface area (Å²) in [5, 5.41) is 1.18. The smallest absolute Gasteiger partial charge is 0.200 e. The first-order chi connectivity index (χ1) is 13.3. The van der Waals surface area contributed by atoms with Crippen LogP contribution in [0.15, 0.2) is 66.7 Å². The van der Waals surface area contributed by atoms with E-state index in [-0.39, 0.29) is 0 Å². The highest BCUT2D eigenvalue weighted by Gasteiger charge is 2.28. The SMILES string of the molecule is CC(C)c1cccc(C(C)C)c1N[Si](C)(C)c1cccc(-c2ccccc2)n1. The Hall–Kier alpha value is -2.39. The van der Waals surface area contributed by atoms with Crippen molar-refractivity contribution < 1.29 is 0 Å². The average Bonchev–Trinajstić information content (AvgIpc) is 2.68. The van der Waals surface area contributed by atoms with Crippen LogP contribution in [-0.2, 0) is 0 Å². The summed E-state index contributed by atoms with van der Waals surface area (Å²) in [7, 11) is -2.00. The lowest BCUT2D eigenvalue weighted by Gasteiger charge is -2.30. The molecule has 2 aromatic carbocycles. The van der Waals surface area contributed by atoms with Gasteiger partial charge in [0.15, 0.2) is 8.24 Å². The molecule has 0 amide bonds. The standard InChI is InChI=1S/C25H32N2Si/c1-18(2)21-14-10-15-22(19(3)4)25(21)27-28(5,6)24-17-11-16-23(26-24)20-12-8-7-9-13-20/h7-19,27H,1-6H3. The summed E-state index contributed by atoms with van der Waals surface area (Å²) in [4.78, 5) is 9.05. The van der Waals surface area contributed by atoms with E-state index < -0.39 is 8.24 Å². The fraction of sp³-hybridized carbons (Fsp3) is 0.320. The lowest BCUT2D eigenvalue weighted by molar-refractivity contribution is 0.839. The highest BCUT2D eigenvalue weighted by atomic mass is 28.3. The van der Waals surface area contributed by atoms with Crippen LogP contribution in [0.4, 0.5) is 5.69 Å². The molecule has 0 fully saturated rings. The Morgan fingerprint density at radius 1 is 0.714 bits per heavy atom. The van der Waals surface area contributed by atoms with Gasteiger partial charge in [-0.05, 0) is 48.2 Å². The maximum atomic E-state index is 5.06. The van der Waals surface area contributed by atoms with E-state index in [9.17, 15) is 0 Å². The van der Waals surface area contributed by atoms with Crippen molar-refractivity contribution in [2.24, 2.45) is 0 Å². The van der Waals surface area contributed by atoms with E-state index in [0.29, 0.717) is 11.8 Å². The van der Waals surface area contributed by atoms with Crippen LogP contribution in [-0.4, -0.2) is 13.2 Å². The number of aromatic nitrogens is 1. The fourth-order valence-corrected chi connectivity index (χ4v) is 5.58. The molecule has 0 spiro atoms. The van der Waals surface area contributed by atoms with Gasteiger partial charge >= 0.3 is 0 Å². The van der Waals surface area contributed by atoms with Gasteiger partial charge in [-0.1, -0.05) is 82.3 Å². The Morgan fingerprint density at radius 2 is 1.29 bits per heavy atom. The molecule has 1 N–H and O–H groups in total. The minimum atomic E-state index is -2.00. The molecule has 1 aromatic heterocycles. The number of nitrogens with zero attached hydrogens (tertiary/aromatic N) is 1. The molecule has 2 nitrogen and oxygen atoms in total. The predicted molar refractivity (Wildman–Crippen MR) is 125 cm³/mol. The molecule has 3 heteroatoms. The minimum absolute atomic E-state index is 0.481. The molecule has 0 atom stereocenters. The van der Waals surface area contributed by atoms with Gasteiger partial charge in [-0.15, -0.1) is 0 Å². The van der Waals surface area contributed by atoms with Gasteiger partial charge in [-0.3, -0.25) is 4.98 Å². The van der Waals surface area contributed by atoms with E-state index >= 15 is 0 Å². The molecule has 0 unspecified atom stereocenters. The maximum absolute atomic E-state index is 5.06. The molecule has 3 rings (SSSR count). The lowest BCUT2D eigenvalue weighted by Crippen LogP contribution is -2.51. The molecule has 146 valence electrons. The summed E-state index contributed by atoms with van der Waals surface area (Å²) >= 11 is 0. The van der Waals surface area contributed by atoms with Crippen molar-refractivity contribution in [2.75, 3.05) is 4.98 Å². The van der Waals surface area contributed by atoms with Gasteiger partial charge < -0.3 is 4.98 Å². The third kappa shape index (κ3) is 4.36. The van der Waals surface area contributed by atoms with E-state index in [0.717, 1.165) is 5.69 Å². The molecule has 0 saturated heterocycles. The number of para-hydroxylation sites is 1. The van der Waals surface area contributed by atoms with Crippen molar-refractivity contribution in [2.45, 2.75) is 52.6 Å². The first-order valence-electron chi connectivity index (χ1n) is 10.2. The van der Waals surface area contributed by atoms with Crippen molar-refractivity contribution in [3.05, 3.63) is 77.9 Å². The zero-order valence-electron chi connectivity index (χ0n) is 18.0. The molecular formula is C25H32N2Si. The third-order valence-electron chi connectivity index (χ3n) is 5.27. The molecular weight excluding hydrogens is 356 g/mol. The quantitative estimate of drug-likeness (QED) is 0.486. The monoisotopic (exact) mass is 388 g/mol. The second-order valence-corrected chi connectivity index (χ2v) is 12.7. The van der Waals surface area contributed by atoms with Crippen LogP contribution in [0.3, 0.4) is 0 Å². The number of nitrogens with one attached hydrogen (secondary N) is 1. The van der Waals surface area contributed by atoms with Gasteiger partial charge in [-0.2, -0.15) is 0 Å². The highest BCUT2D eigenvalue weighted by Crippen LogP contribution is 2.33. The molecule has 28 heavy (non-hydrogen) atoms. The van der Waals surface area contributed by atoms with Crippen molar-refractivity contribution in [1.29, 1.82) is 0 Å². The van der Waals surface area contributed by atoms with Gasteiger partial charge in [-0.25, -0.2) is 0 Å². The Morgan fingerprint density at radius 3 is 1.86 bits per heavy atom. The number of anilines is 1. The summed E-state index contributed by atoms with van der Waals surface area (Å²) in [6.07, 6.45) is 0. The molecule has 0 aliphatic heterocycles. The number of rotatable bonds is 6. The van der Waals surface area contributed by atoms with E-state index in [4.69, 9.17) is 4.98 Å². The van der Waals surface area contributed by atoms with Crippen LogP contribution in [0.2, 0.25) is 13.1 Å². The zero-order valence-corrected chi connectivity index (χ0v) is 19.0. The zero-order chi connectivity index (χ0) is 20.3. The molecule has 0 saturated carbocycles. The Labute approximate surface area is 171 Å². The molecule has 3 aromatic rings. The topological polar surface area (TPSA) is 24.9 Å². The normalized spacial score (nSPS) is 11.9. The van der Waals surface area contributed by atoms with Crippen molar-refractivity contribution in [3.8, 4) is 11.3 Å². The van der Waals surface area contributed by atoms with E-state index in [1.165, 1.54) is 27.7 Å². The summed E-state index contributed by atoms with van der Waals surface area (Å²) < 4.78 is 0. The average molecular weight is 389 g/mol. The van der Waals surface area contributed by atoms with Gasteiger partial charge in [0.1, 0.15) is 0 Å². The second kappa shape index (κ2) is 8.32. The Kier molecular flexibility index (Phi) is 6.04. The number of benzene rings is 2. The molecule has 0 aliphatic carbocycles. The van der Waals surface area contributed by atoms with Gasteiger partial charge in [0.05, 0.1) is 5.69 Å². The van der Waals surface area contributed by atoms with Crippen molar-refractivity contribution in [3.63, 3.8) is 0 Å². The fourth-order valence-electron chi connectivity index (χ4n) is 3.62. The van der Waals surface area contributed by atoms with Crippen LogP contribution >= 0.6 is 0 Å². The van der Waals surface area contributed by atoms with Crippen molar-refractivity contribution in [1.82, 2.24) is 4.98 Å². The van der Waals surface area contributed by atoms with Crippen LogP contribution in [0, 0.1) is 0 Å². The van der Waals surface area contributed by atoms with E-state index in [1.807, 2.05) is 6.07 Å². The summed E-state index contributed by atoms with van der Waals surface area (Å²) in [5.41, 5.74) is 6.31. The van der Waals surface area contributed by atoms with Crippen molar-refractivity contribution >= 4 is 19.2 Å². The number of hydrogen-bond donors (Lipinski definition) is 1. The first kappa shape index (κ1) is 20.3. The lowest BCUT2D eigenvalue weighted by atomic mass is 9.93. The number of hydrogen-bond acceptors (Lipinski definition) is 2. The van der Waals surface area contributed by atoms with Gasteiger partial charge in [0.2, 0.25) is 0 Å². The predicted octanol–water partition coefficient (Wildman–Crippen LogP) is 6.52. The van der Waals surface area contributed by atoms with Gasteiger partial charge in [0.25, 0.3) is 0 Å². The maximum Gasteiger partial charge on any atom is 0.200 e. The summed E-state index contributed by atoms with van der Waals surface area (Å²) in [6, 6.07) is 23.6. The molecule has 1 heterocycles. The van der Waals surface area contributed by atoms with Gasteiger partial charge in [0, 0.05) is 16.6 Å². The Balaban J connectivity index is 2.02. The molecule has 0 radical (unpaired) electrons. The summed E-state index contributed by atoms with van der Waals surface area (Å²) in [6.45, 7) is 13.8. The molecule has 0 aliphatic rings. The van der Waals surface area contributed by atoms with Crippen LogP contribution in [0.25, 0.3) is 11.3 Å². The largest absolute Gasteiger partial charge is 0.406 e. The van der Waals surface area contributed by atoms with Crippen LogP contribution < -0.4 is 10.3 Å². The molecule has 0 bridgehead atoms. The Bertz CT molecular complexity index is 904. The number of pyridine rings is 1. The van der Waals surface area contributed by atoms with Crippen LogP contribution in [0.1, 0.15) is 50.7 Å².